The highest BCUT2D eigenvalue weighted by Crippen LogP contribution is 2.50. The highest BCUT2D eigenvalue weighted by atomic mass is 35.5. The van der Waals surface area contributed by atoms with Gasteiger partial charge in [0.2, 0.25) is 0 Å². The minimum atomic E-state index is -0.0875. The van der Waals surface area contributed by atoms with E-state index in [1.807, 2.05) is 48.5 Å². The molecule has 0 unspecified atom stereocenters. The number of halogens is 3. The van der Waals surface area contributed by atoms with Gasteiger partial charge in [-0.15, -0.1) is 0 Å². The maximum absolute atomic E-state index is 6.84. The van der Waals surface area contributed by atoms with Crippen molar-refractivity contribution in [2.24, 2.45) is 4.99 Å². The Morgan fingerprint density at radius 2 is 1.61 bits per heavy atom. The fourth-order valence-corrected chi connectivity index (χ4v) is 6.49. The molecule has 0 saturated carbocycles. The van der Waals surface area contributed by atoms with Crippen molar-refractivity contribution in [3.63, 3.8) is 0 Å². The molecule has 6 rings (SSSR count). The number of hydrogen-bond donors (Lipinski definition) is 0. The highest BCUT2D eigenvalue weighted by Gasteiger charge is 2.41. The van der Waals surface area contributed by atoms with Gasteiger partial charge in [0, 0.05) is 33.6 Å². The van der Waals surface area contributed by atoms with E-state index >= 15 is 0 Å². The number of rotatable bonds is 3. The van der Waals surface area contributed by atoms with Crippen LogP contribution in [-0.2, 0) is 0 Å². The van der Waals surface area contributed by atoms with Gasteiger partial charge in [-0.3, -0.25) is 4.90 Å². The lowest BCUT2D eigenvalue weighted by Gasteiger charge is -2.42. The second kappa shape index (κ2) is 9.77. The minimum absolute atomic E-state index is 0.0875. The van der Waals surface area contributed by atoms with Gasteiger partial charge >= 0.3 is 0 Å². The van der Waals surface area contributed by atoms with Gasteiger partial charge < -0.3 is 4.90 Å². The van der Waals surface area contributed by atoms with Crippen LogP contribution in [-0.4, -0.2) is 35.1 Å². The Labute approximate surface area is 230 Å². The molecule has 0 spiro atoms. The van der Waals surface area contributed by atoms with Gasteiger partial charge in [0.05, 0.1) is 17.4 Å². The second-order valence-corrected chi connectivity index (χ2v) is 11.1. The zero-order chi connectivity index (χ0) is 24.8. The number of benzene rings is 3. The molecular formula is C29H22Cl3N3S. The summed E-state index contributed by atoms with van der Waals surface area (Å²) < 4.78 is 0. The third-order valence-corrected chi connectivity index (χ3v) is 8.38. The van der Waals surface area contributed by atoms with Crippen LogP contribution in [0.1, 0.15) is 22.7 Å². The Kier molecular flexibility index (Phi) is 6.49. The van der Waals surface area contributed by atoms with E-state index < -0.39 is 0 Å². The molecule has 7 heteroatoms. The van der Waals surface area contributed by atoms with E-state index in [0.717, 1.165) is 62.0 Å². The molecule has 0 bridgehead atoms. The third kappa shape index (κ3) is 4.31. The van der Waals surface area contributed by atoms with Crippen molar-refractivity contribution < 1.29 is 0 Å². The number of amidine groups is 1. The normalized spacial score (nSPS) is 20.8. The van der Waals surface area contributed by atoms with Crippen molar-refractivity contribution in [2.45, 2.75) is 6.04 Å². The maximum atomic E-state index is 6.84. The first-order valence-corrected chi connectivity index (χ1v) is 13.6. The number of hydrogen-bond acceptors (Lipinski definition) is 4. The van der Waals surface area contributed by atoms with Gasteiger partial charge in [0.25, 0.3) is 0 Å². The SMILES string of the molecule is CN1CC2=C(N=C3SC=C(c4ccc(Cl)cc4)N3[C@@H]2c2ccccc2Cl)/C(=C/c2ccccc2Cl)C1. The number of thioether (sulfide) groups is 1. The molecule has 1 atom stereocenters. The molecule has 3 aliphatic heterocycles. The first kappa shape index (κ1) is 23.9. The van der Waals surface area contributed by atoms with Gasteiger partial charge in [-0.1, -0.05) is 95.1 Å². The lowest BCUT2D eigenvalue weighted by atomic mass is 9.88. The zero-order valence-corrected chi connectivity index (χ0v) is 22.5. The van der Waals surface area contributed by atoms with Gasteiger partial charge in [0.15, 0.2) is 5.17 Å². The van der Waals surface area contributed by atoms with Crippen LogP contribution in [0.25, 0.3) is 11.8 Å². The summed E-state index contributed by atoms with van der Waals surface area (Å²) in [7, 11) is 2.14. The summed E-state index contributed by atoms with van der Waals surface area (Å²) in [6.07, 6.45) is 2.17. The van der Waals surface area contributed by atoms with Crippen molar-refractivity contribution in [1.82, 2.24) is 9.80 Å². The van der Waals surface area contributed by atoms with E-state index in [-0.39, 0.29) is 6.04 Å². The smallest absolute Gasteiger partial charge is 0.174 e. The van der Waals surface area contributed by atoms with Crippen molar-refractivity contribution in [3.05, 3.63) is 127 Å². The molecule has 0 fully saturated rings. The van der Waals surface area contributed by atoms with E-state index in [2.05, 4.69) is 52.6 Å². The van der Waals surface area contributed by atoms with Crippen LogP contribution in [0.5, 0.6) is 0 Å². The largest absolute Gasteiger partial charge is 0.308 e. The topological polar surface area (TPSA) is 18.8 Å². The van der Waals surface area contributed by atoms with E-state index in [1.165, 1.54) is 5.57 Å². The van der Waals surface area contributed by atoms with Crippen LogP contribution in [0.15, 0.2) is 100 Å². The first-order valence-electron chi connectivity index (χ1n) is 11.6. The van der Waals surface area contributed by atoms with Gasteiger partial charge in [-0.25, -0.2) is 4.99 Å². The fraction of sp³-hybridized carbons (Fsp3) is 0.138. The van der Waals surface area contributed by atoms with E-state index in [4.69, 9.17) is 39.8 Å². The molecule has 3 nitrogen and oxygen atoms in total. The number of nitrogens with zero attached hydrogens (tertiary/aromatic N) is 3. The standard InChI is InChI=1S/C29H22Cl3N3S/c1-34-15-20(14-19-6-2-4-8-24(19)31)27-23(16-34)28(22-7-3-5-9-25(22)32)35-26(17-36-29(35)33-27)18-10-12-21(30)13-11-18/h2-14,17,28H,15-16H2,1H3/b20-14+/t28-/m1/s1. The quantitative estimate of drug-likeness (QED) is 0.326. The Morgan fingerprint density at radius 3 is 2.36 bits per heavy atom. The molecule has 0 saturated heterocycles. The number of likely N-dealkylation sites (N-methyl/N-ethyl adjacent to an activating group) is 1. The zero-order valence-electron chi connectivity index (χ0n) is 19.5. The average Bonchev–Trinajstić information content (AvgIpc) is 3.29. The summed E-state index contributed by atoms with van der Waals surface area (Å²) in [6, 6.07) is 23.9. The van der Waals surface area contributed by atoms with Crippen molar-refractivity contribution >= 4 is 63.5 Å². The highest BCUT2D eigenvalue weighted by molar-refractivity contribution is 8.16. The fourth-order valence-electron chi connectivity index (χ4n) is 5.00. The molecule has 3 aromatic rings. The monoisotopic (exact) mass is 549 g/mol. The van der Waals surface area contributed by atoms with Gasteiger partial charge in [-0.2, -0.15) is 0 Å². The Bertz CT molecular complexity index is 1470. The van der Waals surface area contributed by atoms with Crippen molar-refractivity contribution in [2.75, 3.05) is 20.1 Å². The third-order valence-electron chi connectivity index (χ3n) is 6.60. The van der Waals surface area contributed by atoms with Gasteiger partial charge in [-0.05, 0) is 65.2 Å². The first-order chi connectivity index (χ1) is 17.5. The maximum Gasteiger partial charge on any atom is 0.174 e. The van der Waals surface area contributed by atoms with Crippen LogP contribution in [0.2, 0.25) is 15.1 Å². The molecule has 3 aromatic carbocycles. The Hall–Kier alpha value is -2.47. The lowest BCUT2D eigenvalue weighted by molar-refractivity contribution is 0.344. The minimum Gasteiger partial charge on any atom is -0.308 e. The van der Waals surface area contributed by atoms with Crippen LogP contribution in [0, 0.1) is 0 Å². The molecule has 36 heavy (non-hydrogen) atoms. The van der Waals surface area contributed by atoms with Crippen molar-refractivity contribution in [3.8, 4) is 0 Å². The number of fused-ring (bicyclic) bond motifs is 1. The van der Waals surface area contributed by atoms with Crippen LogP contribution < -0.4 is 0 Å². The molecule has 0 radical (unpaired) electrons. The van der Waals surface area contributed by atoms with E-state index in [9.17, 15) is 0 Å². The Balaban J connectivity index is 1.54. The van der Waals surface area contributed by atoms with Crippen molar-refractivity contribution in [1.29, 1.82) is 0 Å². The molecule has 3 aliphatic rings. The molecule has 3 heterocycles. The average molecular weight is 551 g/mol. The lowest BCUT2D eigenvalue weighted by Crippen LogP contribution is -2.40. The summed E-state index contributed by atoms with van der Waals surface area (Å²) in [4.78, 5) is 9.87. The summed E-state index contributed by atoms with van der Waals surface area (Å²) in [5.74, 6) is 0. The predicted octanol–water partition coefficient (Wildman–Crippen LogP) is 8.39. The summed E-state index contributed by atoms with van der Waals surface area (Å²) in [5, 5.41) is 5.31. The number of aliphatic imine (C=N–C) groups is 1. The van der Waals surface area contributed by atoms with E-state index in [1.54, 1.807) is 11.8 Å². The summed E-state index contributed by atoms with van der Waals surface area (Å²) in [6.45, 7) is 1.58. The molecule has 0 aromatic heterocycles. The van der Waals surface area contributed by atoms with Crippen LogP contribution >= 0.6 is 46.6 Å². The summed E-state index contributed by atoms with van der Waals surface area (Å²) in [5.41, 5.74) is 7.65. The molecular weight excluding hydrogens is 529 g/mol. The van der Waals surface area contributed by atoms with Crippen LogP contribution in [0.3, 0.4) is 0 Å². The molecule has 0 aliphatic carbocycles. The molecule has 0 amide bonds. The van der Waals surface area contributed by atoms with Crippen LogP contribution in [0.4, 0.5) is 0 Å². The molecule has 0 N–H and O–H groups in total. The van der Waals surface area contributed by atoms with E-state index in [0.29, 0.717) is 5.02 Å². The van der Waals surface area contributed by atoms with Gasteiger partial charge in [0.1, 0.15) is 0 Å². The predicted molar refractivity (Wildman–Crippen MR) is 154 cm³/mol. The summed E-state index contributed by atoms with van der Waals surface area (Å²) >= 11 is 21.2. The second-order valence-electron chi connectivity index (χ2n) is 9.05. The molecule has 180 valence electrons. The Morgan fingerprint density at radius 1 is 0.889 bits per heavy atom.